The van der Waals surface area contributed by atoms with Crippen molar-refractivity contribution in [3.63, 3.8) is 0 Å². The summed E-state index contributed by atoms with van der Waals surface area (Å²) in [6.07, 6.45) is 4.13. The SMILES string of the molecule is Cc1c([C@H](CC(=O)O)c2cc(CN3C[C@@H](C4CC4)Oc4ccc(=O)[nH]c4C3C)c3sccc3c2)cnc2c1NNN2C. The van der Waals surface area contributed by atoms with Crippen molar-refractivity contribution in [2.45, 2.75) is 57.7 Å². The second-order valence-electron chi connectivity index (χ2n) is 11.7. The van der Waals surface area contributed by atoms with E-state index in [4.69, 9.17) is 4.74 Å². The highest BCUT2D eigenvalue weighted by Crippen LogP contribution is 2.43. The van der Waals surface area contributed by atoms with Crippen LogP contribution in [0.4, 0.5) is 11.5 Å². The van der Waals surface area contributed by atoms with E-state index < -0.39 is 5.97 Å². The maximum atomic E-state index is 12.3. The van der Waals surface area contributed by atoms with Gasteiger partial charge in [-0.05, 0) is 83.8 Å². The van der Waals surface area contributed by atoms with Crippen molar-refractivity contribution in [1.82, 2.24) is 20.4 Å². The number of nitrogens with zero attached hydrogens (tertiary/aromatic N) is 3. The zero-order chi connectivity index (χ0) is 29.1. The number of hydrazine groups is 2. The third-order valence-corrected chi connectivity index (χ3v) is 9.93. The molecule has 3 atom stereocenters. The summed E-state index contributed by atoms with van der Waals surface area (Å²) in [5, 5.41) is 15.0. The number of fused-ring (bicyclic) bond motifs is 3. The molecular weight excluding hydrogens is 552 g/mol. The first-order chi connectivity index (χ1) is 20.3. The molecule has 3 aliphatic rings. The van der Waals surface area contributed by atoms with E-state index in [1.807, 2.05) is 20.2 Å². The number of pyridine rings is 2. The third-order valence-electron chi connectivity index (χ3n) is 8.92. The number of ether oxygens (including phenoxy) is 1. The van der Waals surface area contributed by atoms with Crippen LogP contribution in [-0.4, -0.2) is 45.6 Å². The van der Waals surface area contributed by atoms with Gasteiger partial charge in [-0.3, -0.25) is 24.9 Å². The monoisotopic (exact) mass is 586 g/mol. The molecule has 0 saturated heterocycles. The van der Waals surface area contributed by atoms with Crippen LogP contribution < -0.4 is 26.3 Å². The molecule has 0 bridgehead atoms. The molecule has 4 N–H and O–H groups in total. The Morgan fingerprint density at radius 3 is 2.88 bits per heavy atom. The molecule has 3 aromatic heterocycles. The van der Waals surface area contributed by atoms with Crippen molar-refractivity contribution in [2.24, 2.45) is 5.92 Å². The Hall–Kier alpha value is -3.93. The Morgan fingerprint density at radius 1 is 1.26 bits per heavy atom. The Balaban J connectivity index is 1.30. The fourth-order valence-electron chi connectivity index (χ4n) is 6.43. The van der Waals surface area contributed by atoms with Gasteiger partial charge in [0, 0.05) is 43.0 Å². The summed E-state index contributed by atoms with van der Waals surface area (Å²) in [4.78, 5) is 34.6. The zero-order valence-corrected chi connectivity index (χ0v) is 24.6. The van der Waals surface area contributed by atoms with Crippen molar-refractivity contribution in [1.29, 1.82) is 0 Å². The van der Waals surface area contributed by atoms with Gasteiger partial charge in [0.2, 0.25) is 5.56 Å². The van der Waals surface area contributed by atoms with Gasteiger partial charge in [0.15, 0.2) is 5.82 Å². The number of hydrogen-bond donors (Lipinski definition) is 4. The molecule has 0 radical (unpaired) electrons. The minimum atomic E-state index is -0.860. The van der Waals surface area contributed by atoms with E-state index in [0.717, 1.165) is 70.0 Å². The summed E-state index contributed by atoms with van der Waals surface area (Å²) in [7, 11) is 1.88. The van der Waals surface area contributed by atoms with Gasteiger partial charge >= 0.3 is 5.97 Å². The number of nitrogens with one attached hydrogen (secondary N) is 3. The fourth-order valence-corrected chi connectivity index (χ4v) is 7.32. The highest BCUT2D eigenvalue weighted by molar-refractivity contribution is 7.17. The number of aromatic nitrogens is 2. The third kappa shape index (κ3) is 4.81. The Kier molecular flexibility index (Phi) is 6.68. The normalized spacial score (nSPS) is 20.9. The molecule has 11 heteroatoms. The molecule has 42 heavy (non-hydrogen) atoms. The molecule has 10 nitrogen and oxygen atoms in total. The van der Waals surface area contributed by atoms with Crippen molar-refractivity contribution < 1.29 is 14.6 Å². The first kappa shape index (κ1) is 26.9. The second kappa shape index (κ2) is 10.4. The summed E-state index contributed by atoms with van der Waals surface area (Å²) in [6, 6.07) is 9.68. The molecule has 0 spiro atoms. The van der Waals surface area contributed by atoms with Crippen LogP contribution in [0, 0.1) is 12.8 Å². The highest BCUT2D eigenvalue weighted by atomic mass is 32.1. The van der Waals surface area contributed by atoms with Crippen LogP contribution in [0.2, 0.25) is 0 Å². The molecular formula is C31H34N6O4S. The highest BCUT2D eigenvalue weighted by Gasteiger charge is 2.39. The van der Waals surface area contributed by atoms with Crippen LogP contribution in [0.3, 0.4) is 0 Å². The van der Waals surface area contributed by atoms with Gasteiger partial charge in [0.05, 0.1) is 23.8 Å². The van der Waals surface area contributed by atoms with Gasteiger partial charge in [0.1, 0.15) is 11.9 Å². The lowest BCUT2D eigenvalue weighted by Crippen LogP contribution is -2.35. The molecule has 2 aliphatic heterocycles. The van der Waals surface area contributed by atoms with E-state index in [1.165, 1.54) is 10.8 Å². The number of anilines is 2. The minimum Gasteiger partial charge on any atom is -0.487 e. The van der Waals surface area contributed by atoms with E-state index in [2.05, 4.69) is 56.3 Å². The van der Waals surface area contributed by atoms with Crippen molar-refractivity contribution in [2.75, 3.05) is 24.0 Å². The smallest absolute Gasteiger partial charge is 0.304 e. The van der Waals surface area contributed by atoms with Crippen molar-refractivity contribution in [3.8, 4) is 5.75 Å². The molecule has 7 rings (SSSR count). The quantitative estimate of drug-likeness (QED) is 0.239. The summed E-state index contributed by atoms with van der Waals surface area (Å²) < 4.78 is 7.66. The fraction of sp³-hybridized carbons (Fsp3) is 0.387. The molecule has 4 aromatic rings. The number of carboxylic acids is 1. The summed E-state index contributed by atoms with van der Waals surface area (Å²) in [5.74, 6) is 0.813. The number of carboxylic acid groups (broad SMARTS) is 1. The van der Waals surface area contributed by atoms with Gasteiger partial charge in [-0.25, -0.2) is 4.98 Å². The van der Waals surface area contributed by atoms with Crippen LogP contribution in [0.25, 0.3) is 10.1 Å². The van der Waals surface area contributed by atoms with Crippen molar-refractivity contribution in [3.05, 3.63) is 80.2 Å². The van der Waals surface area contributed by atoms with Crippen LogP contribution in [0.15, 0.2) is 46.7 Å². The molecule has 0 amide bonds. The lowest BCUT2D eigenvalue weighted by atomic mass is 9.85. The van der Waals surface area contributed by atoms with Crippen LogP contribution in [-0.2, 0) is 11.3 Å². The molecule has 1 unspecified atom stereocenters. The number of rotatable bonds is 7. The predicted octanol–water partition coefficient (Wildman–Crippen LogP) is 4.92. The molecule has 5 heterocycles. The number of hydrogen-bond acceptors (Lipinski definition) is 9. The largest absolute Gasteiger partial charge is 0.487 e. The zero-order valence-electron chi connectivity index (χ0n) is 23.8. The Bertz CT molecular complexity index is 1750. The predicted molar refractivity (Wildman–Crippen MR) is 163 cm³/mol. The molecule has 1 saturated carbocycles. The van der Waals surface area contributed by atoms with Gasteiger partial charge in [0.25, 0.3) is 0 Å². The standard InChI is InChI=1S/C31H34N6O4S/c1-16-23(13-32-31-28(16)34-35-36(31)3)22(12-27(39)40)20-10-19-8-9-42-30(19)21(11-20)14-37-15-25(18-4-5-18)41-24-6-7-26(38)33-29(24)17(37)2/h6-11,13,17-18,22,25,34-35H,4-5,12,14-15H2,1-3H3,(H,33,38)(H,39,40)/t17?,22-,25+/m1/s1. The number of thiophene rings is 1. The average Bonchev–Trinajstić information content (AvgIpc) is 3.61. The Labute approximate surface area is 247 Å². The summed E-state index contributed by atoms with van der Waals surface area (Å²) in [6.45, 7) is 5.52. The minimum absolute atomic E-state index is 0.0496. The van der Waals surface area contributed by atoms with Gasteiger partial charge in [-0.15, -0.1) is 16.9 Å². The number of aromatic amines is 1. The van der Waals surface area contributed by atoms with Crippen molar-refractivity contribution >= 4 is 38.9 Å². The van der Waals surface area contributed by atoms with Gasteiger partial charge < -0.3 is 14.8 Å². The molecule has 1 fully saturated rings. The molecule has 218 valence electrons. The van der Waals surface area contributed by atoms with Crippen LogP contribution >= 0.6 is 11.3 Å². The number of aliphatic carboxylic acids is 1. The number of carbonyl (C=O) groups is 1. The molecule has 1 aliphatic carbocycles. The second-order valence-corrected chi connectivity index (χ2v) is 12.6. The van der Waals surface area contributed by atoms with E-state index in [0.29, 0.717) is 12.5 Å². The summed E-state index contributed by atoms with van der Waals surface area (Å²) >= 11 is 1.70. The maximum absolute atomic E-state index is 12.3. The van der Waals surface area contributed by atoms with Gasteiger partial charge in [-0.2, -0.15) is 0 Å². The van der Waals surface area contributed by atoms with Gasteiger partial charge in [-0.1, -0.05) is 6.07 Å². The maximum Gasteiger partial charge on any atom is 0.304 e. The van der Waals surface area contributed by atoms with Crippen LogP contribution in [0.1, 0.15) is 66.1 Å². The first-order valence-corrected chi connectivity index (χ1v) is 15.3. The Morgan fingerprint density at radius 2 is 2.10 bits per heavy atom. The van der Waals surface area contributed by atoms with E-state index in [1.54, 1.807) is 22.4 Å². The van der Waals surface area contributed by atoms with Crippen LogP contribution in [0.5, 0.6) is 5.75 Å². The first-order valence-electron chi connectivity index (χ1n) is 14.4. The lowest BCUT2D eigenvalue weighted by molar-refractivity contribution is -0.137. The number of H-pyrrole nitrogens is 1. The molecule has 1 aromatic carbocycles. The van der Waals surface area contributed by atoms with E-state index in [9.17, 15) is 14.7 Å². The number of benzene rings is 1. The lowest BCUT2D eigenvalue weighted by Gasteiger charge is -2.29. The van der Waals surface area contributed by atoms with E-state index >= 15 is 0 Å². The topological polar surface area (TPSA) is 123 Å². The summed E-state index contributed by atoms with van der Waals surface area (Å²) in [5.41, 5.74) is 11.7. The average molecular weight is 587 g/mol. The van der Waals surface area contributed by atoms with E-state index in [-0.39, 0.29) is 30.0 Å².